The Hall–Kier alpha value is 0.760. The van der Waals surface area contributed by atoms with Crippen molar-refractivity contribution in [3.05, 3.63) is 86.5 Å². The molecule has 0 aliphatic rings. The number of rotatable bonds is 6. The van der Waals surface area contributed by atoms with Crippen molar-refractivity contribution in [3.8, 4) is 0 Å². The summed E-state index contributed by atoms with van der Waals surface area (Å²) >= 11 is 21.7. The Morgan fingerprint density at radius 2 is 0.926 bits per heavy atom. The molecule has 7 heteroatoms. The van der Waals surface area contributed by atoms with Gasteiger partial charge in [0.15, 0.2) is 0 Å². The zero-order chi connectivity index (χ0) is 20.5. The fourth-order valence-corrected chi connectivity index (χ4v) is 7.95. The van der Waals surface area contributed by atoms with Gasteiger partial charge >= 0.3 is 0 Å². The highest BCUT2D eigenvalue weighted by atomic mass is 79.9. The van der Waals surface area contributed by atoms with Gasteiger partial charge in [0.2, 0.25) is 0 Å². The quantitative estimate of drug-likeness (QED) is 0.267. The Morgan fingerprint density at radius 3 is 1.15 bits per heavy atom. The third-order valence-electron chi connectivity index (χ3n) is 3.78. The van der Waals surface area contributed by atoms with Gasteiger partial charge in [-0.2, -0.15) is 0 Å². The summed E-state index contributed by atoms with van der Waals surface area (Å²) in [6, 6.07) is 8.00. The predicted molar refractivity (Wildman–Crippen MR) is 135 cm³/mol. The molecular formula is C20H16Br6O. The maximum absolute atomic E-state index is 6.60. The Kier molecular flexibility index (Phi) is 9.06. The van der Waals surface area contributed by atoms with Gasteiger partial charge < -0.3 is 4.74 Å². The summed E-state index contributed by atoms with van der Waals surface area (Å²) < 4.78 is 12.3. The smallest absolute Gasteiger partial charge is 0.106 e. The van der Waals surface area contributed by atoms with Crippen molar-refractivity contribution in [1.29, 1.82) is 0 Å². The molecule has 27 heavy (non-hydrogen) atoms. The molecule has 2 atom stereocenters. The van der Waals surface area contributed by atoms with Gasteiger partial charge in [-0.3, -0.25) is 0 Å². The summed E-state index contributed by atoms with van der Waals surface area (Å²) in [6.07, 6.45) is -0.656. The second-order valence-electron chi connectivity index (χ2n) is 6.16. The van der Waals surface area contributed by atoms with Gasteiger partial charge in [-0.1, -0.05) is 109 Å². The zero-order valence-electron chi connectivity index (χ0n) is 14.6. The van der Waals surface area contributed by atoms with Crippen LogP contribution in [-0.4, -0.2) is 0 Å². The SMILES string of the molecule is C=C(C)C(OC(C(=C)C)c1c(Br)cc(Br)cc1Br)c1c(Br)cc(Br)cc1Br. The van der Waals surface area contributed by atoms with Crippen molar-refractivity contribution < 1.29 is 4.74 Å². The first-order valence-corrected chi connectivity index (χ1v) is 12.5. The molecular weight excluding hydrogens is 736 g/mol. The van der Waals surface area contributed by atoms with Crippen LogP contribution in [0.15, 0.2) is 75.4 Å². The molecule has 0 bridgehead atoms. The van der Waals surface area contributed by atoms with Crippen molar-refractivity contribution in [2.24, 2.45) is 0 Å². The first kappa shape index (κ1) is 24.0. The van der Waals surface area contributed by atoms with E-state index in [1.54, 1.807) is 0 Å². The fourth-order valence-electron chi connectivity index (χ4n) is 2.60. The largest absolute Gasteiger partial charge is 0.357 e. The van der Waals surface area contributed by atoms with E-state index in [4.69, 9.17) is 4.74 Å². The topological polar surface area (TPSA) is 9.23 Å². The van der Waals surface area contributed by atoms with Crippen molar-refractivity contribution >= 4 is 95.6 Å². The number of halogens is 6. The molecule has 0 heterocycles. The molecule has 2 rings (SSSR count). The first-order valence-electron chi connectivity index (χ1n) is 7.78. The first-order chi connectivity index (χ1) is 12.5. The standard InChI is InChI=1S/C20H16Br6O/c1-9(2)19(17-13(23)5-11(21)6-14(17)24)27-20(10(3)4)18-15(25)7-12(22)8-16(18)26/h5-8,19-20H,1,3H2,2,4H3. The van der Waals surface area contributed by atoms with E-state index in [0.29, 0.717) is 0 Å². The van der Waals surface area contributed by atoms with Gasteiger partial charge in [-0.25, -0.2) is 0 Å². The minimum Gasteiger partial charge on any atom is -0.357 e. The third kappa shape index (κ3) is 5.89. The van der Waals surface area contributed by atoms with Crippen LogP contribution in [0.2, 0.25) is 0 Å². The summed E-state index contributed by atoms with van der Waals surface area (Å²) in [4.78, 5) is 0. The highest BCUT2D eigenvalue weighted by molar-refractivity contribution is 9.12. The van der Waals surface area contributed by atoms with E-state index in [1.807, 2.05) is 38.1 Å². The van der Waals surface area contributed by atoms with Crippen LogP contribution in [0.25, 0.3) is 0 Å². The maximum Gasteiger partial charge on any atom is 0.106 e. The highest BCUT2D eigenvalue weighted by Gasteiger charge is 2.27. The van der Waals surface area contributed by atoms with Gasteiger partial charge in [0, 0.05) is 38.0 Å². The molecule has 0 aromatic heterocycles. The Balaban J connectivity index is 2.57. The Bertz CT molecular complexity index is 786. The minimum atomic E-state index is -0.328. The minimum absolute atomic E-state index is 0.328. The molecule has 0 spiro atoms. The van der Waals surface area contributed by atoms with Gasteiger partial charge in [-0.15, -0.1) is 0 Å². The van der Waals surface area contributed by atoms with Crippen molar-refractivity contribution in [3.63, 3.8) is 0 Å². The summed E-state index contributed by atoms with van der Waals surface area (Å²) in [5.74, 6) is 0. The van der Waals surface area contributed by atoms with Gasteiger partial charge in [0.25, 0.3) is 0 Å². The van der Waals surface area contributed by atoms with E-state index < -0.39 is 0 Å². The highest BCUT2D eigenvalue weighted by Crippen LogP contribution is 2.45. The monoisotopic (exact) mass is 746 g/mol. The molecule has 0 amide bonds. The average Bonchev–Trinajstić information content (AvgIpc) is 2.49. The summed E-state index contributed by atoms with van der Waals surface area (Å²) in [7, 11) is 0. The van der Waals surface area contributed by atoms with Crippen LogP contribution < -0.4 is 0 Å². The molecule has 0 saturated carbocycles. The maximum atomic E-state index is 6.60. The second-order valence-corrected chi connectivity index (χ2v) is 11.4. The number of ether oxygens (including phenoxy) is 1. The Labute approximate surface area is 210 Å². The van der Waals surface area contributed by atoms with E-state index in [2.05, 4.69) is 109 Å². The van der Waals surface area contributed by atoms with Crippen molar-refractivity contribution in [2.75, 3.05) is 0 Å². The lowest BCUT2D eigenvalue weighted by atomic mass is 10.0. The summed E-state index contributed by atoms with van der Waals surface area (Å²) in [6.45, 7) is 12.3. The van der Waals surface area contributed by atoms with Crippen LogP contribution in [-0.2, 0) is 4.74 Å². The van der Waals surface area contributed by atoms with E-state index in [1.165, 1.54) is 0 Å². The summed E-state index contributed by atoms with van der Waals surface area (Å²) in [5, 5.41) is 0. The molecule has 0 aliphatic heterocycles. The normalized spacial score (nSPS) is 13.3. The van der Waals surface area contributed by atoms with Gasteiger partial charge in [0.1, 0.15) is 12.2 Å². The van der Waals surface area contributed by atoms with Gasteiger partial charge in [-0.05, 0) is 49.3 Å². The molecule has 2 unspecified atom stereocenters. The van der Waals surface area contributed by atoms with Crippen LogP contribution in [0.3, 0.4) is 0 Å². The summed E-state index contributed by atoms with van der Waals surface area (Å²) in [5.41, 5.74) is 3.77. The molecule has 1 nitrogen and oxygen atoms in total. The molecule has 0 fully saturated rings. The zero-order valence-corrected chi connectivity index (χ0v) is 24.1. The van der Waals surface area contributed by atoms with Crippen molar-refractivity contribution in [2.45, 2.75) is 26.1 Å². The molecule has 2 aromatic rings. The van der Waals surface area contributed by atoms with E-state index in [9.17, 15) is 0 Å². The number of benzene rings is 2. The molecule has 0 radical (unpaired) electrons. The Morgan fingerprint density at radius 1 is 0.667 bits per heavy atom. The predicted octanol–water partition coefficient (Wildman–Crippen LogP) is 10.2. The van der Waals surface area contributed by atoms with Crippen LogP contribution in [0.1, 0.15) is 37.2 Å². The molecule has 0 N–H and O–H groups in total. The number of hydrogen-bond donors (Lipinski definition) is 0. The average molecular weight is 752 g/mol. The lowest BCUT2D eigenvalue weighted by molar-refractivity contribution is 0.0252. The lowest BCUT2D eigenvalue weighted by Gasteiger charge is -2.29. The molecule has 144 valence electrons. The van der Waals surface area contributed by atoms with E-state index in [0.717, 1.165) is 49.1 Å². The molecule has 0 saturated heterocycles. The van der Waals surface area contributed by atoms with Gasteiger partial charge in [0.05, 0.1) is 0 Å². The van der Waals surface area contributed by atoms with Crippen LogP contribution >= 0.6 is 95.6 Å². The molecule has 0 aliphatic carbocycles. The lowest BCUT2D eigenvalue weighted by Crippen LogP contribution is -2.14. The molecule has 2 aromatic carbocycles. The van der Waals surface area contributed by atoms with Crippen molar-refractivity contribution in [1.82, 2.24) is 0 Å². The van der Waals surface area contributed by atoms with E-state index >= 15 is 0 Å². The third-order valence-corrected chi connectivity index (χ3v) is 7.32. The number of hydrogen-bond acceptors (Lipinski definition) is 1. The fraction of sp³-hybridized carbons (Fsp3) is 0.200. The second kappa shape index (κ2) is 10.2. The van der Waals surface area contributed by atoms with E-state index in [-0.39, 0.29) is 12.2 Å². The van der Waals surface area contributed by atoms with Crippen LogP contribution in [0.4, 0.5) is 0 Å². The van der Waals surface area contributed by atoms with Crippen LogP contribution in [0, 0.1) is 0 Å². The van der Waals surface area contributed by atoms with Crippen LogP contribution in [0.5, 0.6) is 0 Å².